The molecule has 356 valence electrons. The summed E-state index contributed by atoms with van der Waals surface area (Å²) in [5.74, 6) is 1.63. The number of hydrogen-bond acceptors (Lipinski definition) is 6. The first-order valence-corrected chi connectivity index (χ1v) is 26.6. The van der Waals surface area contributed by atoms with Gasteiger partial charge in [-0.2, -0.15) is 0 Å². The van der Waals surface area contributed by atoms with Crippen LogP contribution in [0, 0.1) is 17.8 Å². The molecule has 0 saturated heterocycles. The number of carbonyl (C=O) groups excluding carboxylic acids is 3. The molecule has 0 aliphatic rings. The molecule has 0 heterocycles. The Morgan fingerprint density at radius 2 is 0.583 bits per heavy atom. The summed E-state index contributed by atoms with van der Waals surface area (Å²) >= 11 is 0. The zero-order valence-corrected chi connectivity index (χ0v) is 41.3. The molecule has 0 aliphatic carbocycles. The van der Waals surface area contributed by atoms with E-state index >= 15 is 0 Å². The van der Waals surface area contributed by atoms with Crippen LogP contribution in [0.15, 0.2) is 0 Å². The molecule has 0 N–H and O–H groups in total. The Kier molecular flexibility index (Phi) is 44.2. The lowest BCUT2D eigenvalue weighted by Crippen LogP contribution is -2.30. The van der Waals surface area contributed by atoms with Crippen LogP contribution < -0.4 is 0 Å². The predicted octanol–water partition coefficient (Wildman–Crippen LogP) is 17.2. The number of hydrogen-bond donors (Lipinski definition) is 0. The van der Waals surface area contributed by atoms with Crippen LogP contribution in [0.5, 0.6) is 0 Å². The summed E-state index contributed by atoms with van der Waals surface area (Å²) in [6.45, 7) is 13.7. The van der Waals surface area contributed by atoms with Gasteiger partial charge in [0.15, 0.2) is 6.10 Å². The van der Waals surface area contributed by atoms with Crippen molar-refractivity contribution in [1.82, 2.24) is 0 Å². The first kappa shape index (κ1) is 58.4. The summed E-state index contributed by atoms with van der Waals surface area (Å²) in [5.41, 5.74) is 0. The molecule has 0 fully saturated rings. The van der Waals surface area contributed by atoms with Crippen molar-refractivity contribution in [2.45, 2.75) is 298 Å². The summed E-state index contributed by atoms with van der Waals surface area (Å²) in [7, 11) is 0. The molecule has 6 nitrogen and oxygen atoms in total. The molecule has 0 saturated carbocycles. The van der Waals surface area contributed by atoms with E-state index in [0.717, 1.165) is 75.5 Å². The largest absolute Gasteiger partial charge is 0.462 e. The van der Waals surface area contributed by atoms with Crippen molar-refractivity contribution < 1.29 is 28.6 Å². The second kappa shape index (κ2) is 45.4. The molecular weight excluding hydrogens is 745 g/mol. The van der Waals surface area contributed by atoms with E-state index < -0.39 is 6.10 Å². The molecule has 0 bridgehead atoms. The summed E-state index contributed by atoms with van der Waals surface area (Å²) in [6.07, 6.45) is 45.3. The lowest BCUT2D eigenvalue weighted by Gasteiger charge is -2.18. The van der Waals surface area contributed by atoms with Crippen molar-refractivity contribution in [3.05, 3.63) is 0 Å². The lowest BCUT2D eigenvalue weighted by molar-refractivity contribution is -0.167. The van der Waals surface area contributed by atoms with Crippen molar-refractivity contribution in [3.8, 4) is 0 Å². The minimum absolute atomic E-state index is 0.0654. The Morgan fingerprint density at radius 3 is 0.867 bits per heavy atom. The van der Waals surface area contributed by atoms with Crippen LogP contribution in [0.1, 0.15) is 292 Å². The Morgan fingerprint density at radius 1 is 0.333 bits per heavy atom. The number of carbonyl (C=O) groups is 3. The van der Waals surface area contributed by atoms with E-state index in [4.69, 9.17) is 14.2 Å². The number of ether oxygens (including phenoxy) is 3. The second-order valence-electron chi connectivity index (χ2n) is 19.7. The Bertz CT molecular complexity index is 931. The van der Waals surface area contributed by atoms with Crippen molar-refractivity contribution in [1.29, 1.82) is 0 Å². The molecule has 0 aromatic rings. The third kappa shape index (κ3) is 45.9. The molecule has 0 aromatic heterocycles. The Labute approximate surface area is 374 Å². The number of unbranched alkanes of at least 4 members (excludes halogenated alkanes) is 29. The van der Waals surface area contributed by atoms with E-state index in [0.29, 0.717) is 19.3 Å². The monoisotopic (exact) mass is 849 g/mol. The zero-order chi connectivity index (χ0) is 44.2. The number of rotatable bonds is 47. The predicted molar refractivity (Wildman–Crippen MR) is 256 cm³/mol. The fourth-order valence-electron chi connectivity index (χ4n) is 8.08. The van der Waals surface area contributed by atoms with E-state index in [1.54, 1.807) is 0 Å². The van der Waals surface area contributed by atoms with E-state index in [1.807, 2.05) is 0 Å². The molecule has 6 heteroatoms. The SMILES string of the molecule is CCC(C)CCCCCCCCCCCCCCCCC(=O)OC[C@@H](COC(=O)CCCCCCCCCCCCCCC(C)C)OC(=O)CCCCCCCCC(C)C. The van der Waals surface area contributed by atoms with Gasteiger partial charge in [-0.3, -0.25) is 14.4 Å². The van der Waals surface area contributed by atoms with Crippen LogP contribution in [0.3, 0.4) is 0 Å². The van der Waals surface area contributed by atoms with E-state index in [1.165, 1.54) is 173 Å². The summed E-state index contributed by atoms with van der Waals surface area (Å²) in [6, 6.07) is 0. The van der Waals surface area contributed by atoms with Crippen LogP contribution in [-0.2, 0) is 28.6 Å². The maximum Gasteiger partial charge on any atom is 0.306 e. The van der Waals surface area contributed by atoms with Gasteiger partial charge in [0.2, 0.25) is 0 Å². The van der Waals surface area contributed by atoms with Gasteiger partial charge in [-0.05, 0) is 37.0 Å². The quantitative estimate of drug-likeness (QED) is 0.0345. The van der Waals surface area contributed by atoms with Gasteiger partial charge >= 0.3 is 17.9 Å². The normalized spacial score (nSPS) is 12.6. The highest BCUT2D eigenvalue weighted by Crippen LogP contribution is 2.18. The summed E-state index contributed by atoms with van der Waals surface area (Å²) in [4.78, 5) is 37.9. The molecule has 0 aliphatic heterocycles. The third-order valence-electron chi connectivity index (χ3n) is 12.5. The van der Waals surface area contributed by atoms with E-state index in [-0.39, 0.29) is 31.1 Å². The molecule has 0 aromatic carbocycles. The van der Waals surface area contributed by atoms with Gasteiger partial charge in [0.1, 0.15) is 13.2 Å². The van der Waals surface area contributed by atoms with Gasteiger partial charge in [0.25, 0.3) is 0 Å². The zero-order valence-electron chi connectivity index (χ0n) is 41.3. The van der Waals surface area contributed by atoms with Gasteiger partial charge in [-0.25, -0.2) is 0 Å². The topological polar surface area (TPSA) is 78.9 Å². The summed E-state index contributed by atoms with van der Waals surface area (Å²) in [5, 5.41) is 0. The Balaban J connectivity index is 4.23. The van der Waals surface area contributed by atoms with Gasteiger partial charge in [0, 0.05) is 19.3 Å². The molecule has 1 unspecified atom stereocenters. The first-order valence-electron chi connectivity index (χ1n) is 26.6. The van der Waals surface area contributed by atoms with E-state index in [9.17, 15) is 14.4 Å². The lowest BCUT2D eigenvalue weighted by atomic mass is 9.99. The van der Waals surface area contributed by atoms with Crippen molar-refractivity contribution >= 4 is 17.9 Å². The van der Waals surface area contributed by atoms with Crippen LogP contribution in [0.25, 0.3) is 0 Å². The fraction of sp³-hybridized carbons (Fsp3) is 0.944. The average Bonchev–Trinajstić information content (AvgIpc) is 3.22. The summed E-state index contributed by atoms with van der Waals surface area (Å²) < 4.78 is 16.8. The second-order valence-corrected chi connectivity index (χ2v) is 19.7. The molecular formula is C54H104O6. The van der Waals surface area contributed by atoms with Crippen LogP contribution in [0.4, 0.5) is 0 Å². The number of esters is 3. The molecule has 0 amide bonds. The van der Waals surface area contributed by atoms with Crippen LogP contribution >= 0.6 is 0 Å². The van der Waals surface area contributed by atoms with Gasteiger partial charge in [-0.1, -0.05) is 253 Å². The minimum atomic E-state index is -0.763. The third-order valence-corrected chi connectivity index (χ3v) is 12.5. The Hall–Kier alpha value is -1.59. The highest BCUT2D eigenvalue weighted by atomic mass is 16.6. The molecule has 0 radical (unpaired) electrons. The van der Waals surface area contributed by atoms with Gasteiger partial charge < -0.3 is 14.2 Å². The highest BCUT2D eigenvalue weighted by Gasteiger charge is 2.19. The smallest absolute Gasteiger partial charge is 0.306 e. The van der Waals surface area contributed by atoms with Gasteiger partial charge in [0.05, 0.1) is 0 Å². The maximum atomic E-state index is 12.7. The molecule has 60 heavy (non-hydrogen) atoms. The van der Waals surface area contributed by atoms with Crippen LogP contribution in [-0.4, -0.2) is 37.2 Å². The maximum absolute atomic E-state index is 12.7. The first-order chi connectivity index (χ1) is 29.1. The van der Waals surface area contributed by atoms with Crippen molar-refractivity contribution in [3.63, 3.8) is 0 Å². The van der Waals surface area contributed by atoms with Crippen molar-refractivity contribution in [2.75, 3.05) is 13.2 Å². The molecule has 0 spiro atoms. The van der Waals surface area contributed by atoms with Crippen molar-refractivity contribution in [2.24, 2.45) is 17.8 Å². The van der Waals surface area contributed by atoms with Gasteiger partial charge in [-0.15, -0.1) is 0 Å². The standard InChI is InChI=1S/C54H104O6/c1-7-50(6)42-36-30-23-19-15-10-8-9-11-16-20-24-31-37-43-52(55)58-46-51(60-54(57)45-39-33-27-26-29-35-41-49(4)5)47-59-53(56)44-38-32-25-21-17-13-12-14-18-22-28-34-40-48(2)3/h48-51H,7-47H2,1-6H3/t50?,51-/m0/s1. The highest BCUT2D eigenvalue weighted by molar-refractivity contribution is 5.71. The van der Waals surface area contributed by atoms with E-state index in [2.05, 4.69) is 41.5 Å². The molecule has 2 atom stereocenters. The molecule has 0 rings (SSSR count). The average molecular weight is 849 g/mol. The minimum Gasteiger partial charge on any atom is -0.462 e. The van der Waals surface area contributed by atoms with Crippen LogP contribution in [0.2, 0.25) is 0 Å². The fourth-order valence-corrected chi connectivity index (χ4v) is 8.08.